The molecule has 3 heterocycles. The molecule has 1 N–H and O–H groups in total. The van der Waals surface area contributed by atoms with Gasteiger partial charge in [0.15, 0.2) is 11.4 Å². The summed E-state index contributed by atoms with van der Waals surface area (Å²) in [7, 11) is 0. The lowest BCUT2D eigenvalue weighted by Gasteiger charge is -2.33. The average molecular weight is 428 g/mol. The molecule has 0 radical (unpaired) electrons. The minimum absolute atomic E-state index is 0.674. The summed E-state index contributed by atoms with van der Waals surface area (Å²) < 4.78 is 6.14. The molecule has 5 nitrogen and oxygen atoms in total. The zero-order chi connectivity index (χ0) is 20.0. The van der Waals surface area contributed by atoms with E-state index < -0.39 is 0 Å². The molecule has 0 bridgehead atoms. The zero-order valence-electron chi connectivity index (χ0n) is 16.1. The third kappa shape index (κ3) is 3.54. The fraction of sp³-hybridized carbons (Fsp3) is 0.273. The van der Waals surface area contributed by atoms with Gasteiger partial charge in [0.25, 0.3) is 0 Å². The number of benzene rings is 2. The Morgan fingerprint density at radius 1 is 1.07 bits per heavy atom. The molecule has 0 spiro atoms. The first-order valence-electron chi connectivity index (χ1n) is 9.77. The fourth-order valence-electron chi connectivity index (χ4n) is 4.05. The number of furan rings is 1. The van der Waals surface area contributed by atoms with E-state index in [1.54, 1.807) is 0 Å². The van der Waals surface area contributed by atoms with Crippen molar-refractivity contribution >= 4 is 51.1 Å². The predicted molar refractivity (Wildman–Crippen MR) is 117 cm³/mol. The number of quaternary nitrogens is 1. The van der Waals surface area contributed by atoms with Gasteiger partial charge in [0.1, 0.15) is 23.5 Å². The van der Waals surface area contributed by atoms with Gasteiger partial charge < -0.3 is 14.2 Å². The van der Waals surface area contributed by atoms with Crippen LogP contribution < -0.4 is 9.80 Å². The smallest absolute Gasteiger partial charge is 0.196 e. The van der Waals surface area contributed by atoms with Crippen LogP contribution >= 0.6 is 23.2 Å². The summed E-state index contributed by atoms with van der Waals surface area (Å²) in [6.45, 7) is 6.65. The predicted octanol–water partition coefficient (Wildman–Crippen LogP) is 3.90. The molecule has 1 aliphatic rings. The summed E-state index contributed by atoms with van der Waals surface area (Å²) in [5, 5.41) is 2.45. The maximum atomic E-state index is 6.36. The summed E-state index contributed by atoms with van der Waals surface area (Å²) in [5.41, 5.74) is 3.66. The van der Waals surface area contributed by atoms with Gasteiger partial charge in [-0.15, -0.1) is 0 Å². The van der Waals surface area contributed by atoms with E-state index in [0.29, 0.717) is 5.02 Å². The van der Waals surface area contributed by atoms with E-state index in [1.807, 2.05) is 43.3 Å². The number of para-hydroxylation sites is 1. The molecule has 0 amide bonds. The fourth-order valence-corrected chi connectivity index (χ4v) is 4.52. The lowest BCUT2D eigenvalue weighted by Crippen LogP contribution is -3.13. The molecule has 2 aromatic carbocycles. The minimum Gasteiger partial charge on any atom is -0.450 e. The number of nitrogens with zero attached hydrogens (tertiary/aromatic N) is 3. The molecule has 4 aromatic rings. The largest absolute Gasteiger partial charge is 0.450 e. The van der Waals surface area contributed by atoms with Crippen molar-refractivity contribution in [3.05, 3.63) is 63.9 Å². The monoisotopic (exact) mass is 427 g/mol. The Hall–Kier alpha value is -2.34. The van der Waals surface area contributed by atoms with E-state index in [0.717, 1.165) is 77.0 Å². The number of fused-ring (bicyclic) bond motifs is 3. The van der Waals surface area contributed by atoms with E-state index in [1.165, 1.54) is 4.90 Å². The highest BCUT2D eigenvalue weighted by atomic mass is 35.5. The summed E-state index contributed by atoms with van der Waals surface area (Å²) in [6.07, 6.45) is 0. The van der Waals surface area contributed by atoms with Gasteiger partial charge in [-0.3, -0.25) is 0 Å². The number of rotatable bonds is 3. The van der Waals surface area contributed by atoms with Crippen LogP contribution in [0.2, 0.25) is 10.0 Å². The van der Waals surface area contributed by atoms with Crippen molar-refractivity contribution in [1.82, 2.24) is 9.97 Å². The second kappa shape index (κ2) is 7.48. The Morgan fingerprint density at radius 3 is 2.66 bits per heavy atom. The molecule has 0 saturated carbocycles. The van der Waals surface area contributed by atoms with Crippen molar-refractivity contribution in [2.45, 2.75) is 13.5 Å². The average Bonchev–Trinajstić information content (AvgIpc) is 3.09. The quantitative estimate of drug-likeness (QED) is 0.538. The highest BCUT2D eigenvalue weighted by Gasteiger charge is 2.25. The van der Waals surface area contributed by atoms with Gasteiger partial charge in [-0.25, -0.2) is 9.97 Å². The molecule has 29 heavy (non-hydrogen) atoms. The van der Waals surface area contributed by atoms with Crippen LogP contribution in [0.3, 0.4) is 0 Å². The van der Waals surface area contributed by atoms with Crippen molar-refractivity contribution in [3.8, 4) is 0 Å². The van der Waals surface area contributed by atoms with Crippen LogP contribution in [0.5, 0.6) is 0 Å². The molecule has 1 saturated heterocycles. The van der Waals surface area contributed by atoms with Gasteiger partial charge in [0, 0.05) is 16.0 Å². The first-order valence-corrected chi connectivity index (χ1v) is 10.5. The van der Waals surface area contributed by atoms with Gasteiger partial charge in [0.05, 0.1) is 31.2 Å². The van der Waals surface area contributed by atoms with Crippen LogP contribution in [0.1, 0.15) is 11.4 Å². The van der Waals surface area contributed by atoms with E-state index in [9.17, 15) is 0 Å². The second-order valence-corrected chi connectivity index (χ2v) is 8.36. The maximum absolute atomic E-state index is 6.36. The number of aromatic nitrogens is 2. The Morgan fingerprint density at radius 2 is 1.86 bits per heavy atom. The lowest BCUT2D eigenvalue weighted by atomic mass is 10.2. The third-order valence-electron chi connectivity index (χ3n) is 5.54. The van der Waals surface area contributed by atoms with Crippen LogP contribution in [-0.4, -0.2) is 36.1 Å². The van der Waals surface area contributed by atoms with Gasteiger partial charge in [-0.2, -0.15) is 0 Å². The van der Waals surface area contributed by atoms with Gasteiger partial charge >= 0.3 is 0 Å². The van der Waals surface area contributed by atoms with Crippen molar-refractivity contribution in [1.29, 1.82) is 0 Å². The Balaban J connectivity index is 1.38. The van der Waals surface area contributed by atoms with Crippen molar-refractivity contribution < 1.29 is 9.32 Å². The molecule has 1 aliphatic heterocycles. The second-order valence-electron chi connectivity index (χ2n) is 7.52. The Labute approximate surface area is 178 Å². The molecular weight excluding hydrogens is 407 g/mol. The van der Waals surface area contributed by atoms with Crippen LogP contribution in [0.15, 0.2) is 46.9 Å². The molecule has 0 unspecified atom stereocenters. The summed E-state index contributed by atoms with van der Waals surface area (Å²) in [4.78, 5) is 13.2. The SMILES string of the molecule is Cc1nc(N2CC[NH+](Cc3ccc(Cl)cc3Cl)CC2)c2oc3ccccc3c2n1. The molecule has 148 valence electrons. The zero-order valence-corrected chi connectivity index (χ0v) is 17.6. The highest BCUT2D eigenvalue weighted by Crippen LogP contribution is 2.32. The molecule has 2 aromatic heterocycles. The molecule has 1 fully saturated rings. The number of anilines is 1. The van der Waals surface area contributed by atoms with Gasteiger partial charge in [-0.1, -0.05) is 41.4 Å². The van der Waals surface area contributed by atoms with E-state index in [4.69, 9.17) is 32.6 Å². The van der Waals surface area contributed by atoms with Crippen molar-refractivity contribution in [2.75, 3.05) is 31.1 Å². The van der Waals surface area contributed by atoms with Gasteiger partial charge in [0.2, 0.25) is 0 Å². The first kappa shape index (κ1) is 18.7. The maximum Gasteiger partial charge on any atom is 0.196 e. The molecule has 7 heteroatoms. The van der Waals surface area contributed by atoms with Crippen LogP contribution in [0.25, 0.3) is 22.1 Å². The Kier molecular flexibility index (Phi) is 4.82. The number of nitrogens with one attached hydrogen (secondary N) is 1. The Bertz CT molecular complexity index is 1200. The van der Waals surface area contributed by atoms with Crippen LogP contribution in [-0.2, 0) is 6.54 Å². The van der Waals surface area contributed by atoms with E-state index in [2.05, 4.69) is 16.0 Å². The number of halogens is 2. The highest BCUT2D eigenvalue weighted by molar-refractivity contribution is 6.35. The van der Waals surface area contributed by atoms with Crippen molar-refractivity contribution in [3.63, 3.8) is 0 Å². The first-order chi connectivity index (χ1) is 14.1. The molecule has 0 aliphatic carbocycles. The number of hydrogen-bond donors (Lipinski definition) is 1. The minimum atomic E-state index is 0.674. The summed E-state index contributed by atoms with van der Waals surface area (Å²) in [6, 6.07) is 13.8. The standard InChI is InChI=1S/C22H20Cl2N4O/c1-14-25-20-17-4-2-3-5-19(17)29-21(20)22(26-14)28-10-8-27(9-11-28)13-15-6-7-16(23)12-18(15)24/h2-7,12H,8-11,13H2,1H3/p+1. The van der Waals surface area contributed by atoms with Gasteiger partial charge in [-0.05, 0) is 31.2 Å². The van der Waals surface area contributed by atoms with E-state index >= 15 is 0 Å². The van der Waals surface area contributed by atoms with E-state index in [-0.39, 0.29) is 0 Å². The molecule has 0 atom stereocenters. The topological polar surface area (TPSA) is 46.6 Å². The van der Waals surface area contributed by atoms with Crippen LogP contribution in [0.4, 0.5) is 5.82 Å². The number of hydrogen-bond acceptors (Lipinski definition) is 4. The lowest BCUT2D eigenvalue weighted by molar-refractivity contribution is -0.914. The molecular formula is C22H21Cl2N4O+. The summed E-state index contributed by atoms with van der Waals surface area (Å²) >= 11 is 12.4. The summed E-state index contributed by atoms with van der Waals surface area (Å²) in [5.74, 6) is 1.66. The van der Waals surface area contributed by atoms with Crippen molar-refractivity contribution in [2.24, 2.45) is 0 Å². The number of aryl methyl sites for hydroxylation is 1. The third-order valence-corrected chi connectivity index (χ3v) is 6.13. The van der Waals surface area contributed by atoms with Crippen LogP contribution in [0, 0.1) is 6.92 Å². The normalized spacial score (nSPS) is 15.5. The number of piperazine rings is 1. The molecule has 5 rings (SSSR count).